The van der Waals surface area contributed by atoms with Crippen LogP contribution in [0.25, 0.3) is 22.1 Å². The Hall–Kier alpha value is -3.92. The van der Waals surface area contributed by atoms with Crippen molar-refractivity contribution < 1.29 is 14.0 Å². The molecule has 1 N–H and O–H groups in total. The molecule has 0 radical (unpaired) electrons. The van der Waals surface area contributed by atoms with Gasteiger partial charge in [-0.3, -0.25) is 9.59 Å². The summed E-state index contributed by atoms with van der Waals surface area (Å²) in [6, 6.07) is 12.8. The van der Waals surface area contributed by atoms with Crippen molar-refractivity contribution in [3.63, 3.8) is 0 Å². The molecule has 10 heteroatoms. The minimum atomic E-state index is -0.381. The van der Waals surface area contributed by atoms with Crippen LogP contribution in [0.4, 0.5) is 10.1 Å². The SMILES string of the molecule is CC(=O)Nc1ccc(-c2nc(-c3nc(C)ns3)n3c2C(C)N(C(=O)c2ccc(F)cc2)CC3)cc1. The number of nitrogens with zero attached hydrogens (tertiary/aromatic N) is 5. The molecule has 5 rings (SSSR count). The van der Waals surface area contributed by atoms with Gasteiger partial charge in [0.1, 0.15) is 11.6 Å². The number of carbonyl (C=O) groups is 2. The summed E-state index contributed by atoms with van der Waals surface area (Å²) in [4.78, 5) is 36.0. The van der Waals surface area contributed by atoms with Crippen LogP contribution in [0.3, 0.4) is 0 Å². The van der Waals surface area contributed by atoms with Crippen molar-refractivity contribution in [2.75, 3.05) is 11.9 Å². The Balaban J connectivity index is 1.58. The molecule has 8 nitrogen and oxygen atoms in total. The molecule has 2 amide bonds. The first-order chi connectivity index (χ1) is 16.8. The minimum Gasteiger partial charge on any atom is -0.329 e. The van der Waals surface area contributed by atoms with E-state index in [1.54, 1.807) is 4.90 Å². The number of anilines is 1. The van der Waals surface area contributed by atoms with Gasteiger partial charge < -0.3 is 14.8 Å². The van der Waals surface area contributed by atoms with Gasteiger partial charge in [-0.15, -0.1) is 0 Å². The third-order valence-electron chi connectivity index (χ3n) is 5.98. The number of fused-ring (bicyclic) bond motifs is 1. The molecular weight excluding hydrogens is 467 g/mol. The summed E-state index contributed by atoms with van der Waals surface area (Å²) in [5.41, 5.74) is 3.62. The van der Waals surface area contributed by atoms with Gasteiger partial charge in [0.05, 0.1) is 17.4 Å². The Morgan fingerprint density at radius 1 is 1.06 bits per heavy atom. The van der Waals surface area contributed by atoms with Gasteiger partial charge in [-0.1, -0.05) is 12.1 Å². The first kappa shape index (κ1) is 22.9. The molecule has 4 aromatic rings. The predicted molar refractivity (Wildman–Crippen MR) is 131 cm³/mol. The molecule has 1 unspecified atom stereocenters. The fourth-order valence-corrected chi connectivity index (χ4v) is 5.05. The van der Waals surface area contributed by atoms with Crippen LogP contribution in [0, 0.1) is 12.7 Å². The second kappa shape index (κ2) is 9.03. The van der Waals surface area contributed by atoms with Gasteiger partial charge in [-0.2, -0.15) is 4.37 Å². The van der Waals surface area contributed by atoms with Gasteiger partial charge in [0, 0.05) is 36.8 Å². The van der Waals surface area contributed by atoms with Crippen LogP contribution in [0.15, 0.2) is 48.5 Å². The second-order valence-electron chi connectivity index (χ2n) is 8.41. The normalized spacial score (nSPS) is 15.1. The second-order valence-corrected chi connectivity index (χ2v) is 9.16. The topological polar surface area (TPSA) is 93.0 Å². The summed E-state index contributed by atoms with van der Waals surface area (Å²) in [6.07, 6.45) is 0. The molecule has 0 bridgehead atoms. The zero-order valence-corrected chi connectivity index (χ0v) is 20.3. The van der Waals surface area contributed by atoms with Crippen molar-refractivity contribution in [1.82, 2.24) is 23.8 Å². The van der Waals surface area contributed by atoms with E-state index in [0.29, 0.717) is 36.0 Å². The van der Waals surface area contributed by atoms with Crippen LogP contribution in [0.1, 0.15) is 41.8 Å². The average Bonchev–Trinajstić information content (AvgIpc) is 3.43. The zero-order valence-electron chi connectivity index (χ0n) is 19.4. The van der Waals surface area contributed by atoms with Crippen molar-refractivity contribution in [3.05, 3.63) is 71.4 Å². The monoisotopic (exact) mass is 490 g/mol. The van der Waals surface area contributed by atoms with Crippen LogP contribution in [-0.4, -0.2) is 42.2 Å². The first-order valence-corrected chi connectivity index (χ1v) is 11.9. The molecule has 1 atom stereocenters. The van der Waals surface area contributed by atoms with Gasteiger partial charge in [-0.05, 0) is 61.8 Å². The van der Waals surface area contributed by atoms with Crippen molar-refractivity contribution in [2.24, 2.45) is 0 Å². The largest absolute Gasteiger partial charge is 0.329 e. The van der Waals surface area contributed by atoms with Gasteiger partial charge in [0.2, 0.25) is 5.91 Å². The lowest BCUT2D eigenvalue weighted by Crippen LogP contribution is -2.41. The van der Waals surface area contributed by atoms with E-state index < -0.39 is 0 Å². The van der Waals surface area contributed by atoms with E-state index in [-0.39, 0.29) is 23.7 Å². The predicted octanol–water partition coefficient (Wildman–Crippen LogP) is 4.69. The van der Waals surface area contributed by atoms with Gasteiger partial charge in [0.15, 0.2) is 10.8 Å². The molecule has 2 aromatic carbocycles. The molecular formula is C25H23FN6O2S. The molecule has 2 aromatic heterocycles. The summed E-state index contributed by atoms with van der Waals surface area (Å²) in [5, 5.41) is 3.49. The number of hydrogen-bond acceptors (Lipinski definition) is 6. The molecule has 0 fully saturated rings. The summed E-state index contributed by atoms with van der Waals surface area (Å²) < 4.78 is 19.8. The number of carbonyl (C=O) groups excluding carboxylic acids is 2. The molecule has 0 aliphatic carbocycles. The summed E-state index contributed by atoms with van der Waals surface area (Å²) >= 11 is 1.29. The lowest BCUT2D eigenvalue weighted by atomic mass is 10.0. The van der Waals surface area contributed by atoms with Gasteiger partial charge in [-0.25, -0.2) is 14.4 Å². The highest BCUT2D eigenvalue weighted by molar-refractivity contribution is 7.09. The number of hydrogen-bond donors (Lipinski definition) is 1. The zero-order chi connectivity index (χ0) is 24.7. The van der Waals surface area contributed by atoms with Crippen LogP contribution < -0.4 is 5.32 Å². The lowest BCUT2D eigenvalue weighted by Gasteiger charge is -2.35. The number of rotatable bonds is 4. The van der Waals surface area contributed by atoms with Gasteiger partial charge >= 0.3 is 0 Å². The molecule has 178 valence electrons. The fraction of sp³-hybridized carbons (Fsp3) is 0.240. The van der Waals surface area contributed by atoms with E-state index in [9.17, 15) is 14.0 Å². The number of amides is 2. The van der Waals surface area contributed by atoms with Crippen LogP contribution >= 0.6 is 11.5 Å². The first-order valence-electron chi connectivity index (χ1n) is 11.2. The fourth-order valence-electron chi connectivity index (χ4n) is 4.38. The molecule has 0 spiro atoms. The van der Waals surface area contributed by atoms with Crippen molar-refractivity contribution in [2.45, 2.75) is 33.4 Å². The highest BCUT2D eigenvalue weighted by atomic mass is 32.1. The Kier molecular flexibility index (Phi) is 5.89. The number of halogens is 1. The van der Waals surface area contributed by atoms with Crippen molar-refractivity contribution >= 4 is 29.0 Å². The summed E-state index contributed by atoms with van der Waals surface area (Å²) in [7, 11) is 0. The van der Waals surface area contributed by atoms with Crippen LogP contribution in [0.2, 0.25) is 0 Å². The van der Waals surface area contributed by atoms with Gasteiger partial charge in [0.25, 0.3) is 5.91 Å². The van der Waals surface area contributed by atoms with Crippen LogP contribution in [-0.2, 0) is 11.3 Å². The highest BCUT2D eigenvalue weighted by Crippen LogP contribution is 2.39. The Morgan fingerprint density at radius 3 is 2.40 bits per heavy atom. The molecule has 35 heavy (non-hydrogen) atoms. The smallest absolute Gasteiger partial charge is 0.254 e. The molecule has 1 aliphatic heterocycles. The maximum absolute atomic E-state index is 13.4. The van der Waals surface area contributed by atoms with Crippen molar-refractivity contribution in [1.29, 1.82) is 0 Å². The summed E-state index contributed by atoms with van der Waals surface area (Å²) in [6.45, 7) is 6.29. The minimum absolute atomic E-state index is 0.144. The van der Waals surface area contributed by atoms with Crippen molar-refractivity contribution in [3.8, 4) is 22.1 Å². The Bertz CT molecular complexity index is 1410. The maximum Gasteiger partial charge on any atom is 0.254 e. The highest BCUT2D eigenvalue weighted by Gasteiger charge is 2.34. The third-order valence-corrected chi connectivity index (χ3v) is 6.79. The third kappa shape index (κ3) is 4.32. The van der Waals surface area contributed by atoms with E-state index in [2.05, 4.69) is 19.2 Å². The number of benzene rings is 2. The van der Waals surface area contributed by atoms with E-state index in [0.717, 1.165) is 22.0 Å². The van der Waals surface area contributed by atoms with E-state index in [4.69, 9.17) is 4.98 Å². The summed E-state index contributed by atoms with van der Waals surface area (Å²) in [5.74, 6) is 0.709. The lowest BCUT2D eigenvalue weighted by molar-refractivity contribution is -0.114. The van der Waals surface area contributed by atoms with E-state index in [1.807, 2.05) is 38.1 Å². The Labute approximate surface area is 205 Å². The molecule has 0 saturated carbocycles. The number of aryl methyl sites for hydroxylation is 1. The average molecular weight is 491 g/mol. The van der Waals surface area contributed by atoms with E-state index in [1.165, 1.54) is 42.7 Å². The standard InChI is InChI=1S/C25H23FN6O2S/c1-14-22-21(17-6-10-20(11-7-17)28-16(3)33)29-23(24-27-15(2)30-35-24)32(22)13-12-31(14)25(34)18-4-8-19(26)9-5-18/h4-11,14H,12-13H2,1-3H3,(H,28,33). The number of imidazole rings is 1. The number of nitrogens with one attached hydrogen (secondary N) is 1. The Morgan fingerprint density at radius 2 is 1.77 bits per heavy atom. The quantitative estimate of drug-likeness (QED) is 0.448. The molecule has 3 heterocycles. The van der Waals surface area contributed by atoms with Crippen LogP contribution in [0.5, 0.6) is 0 Å². The molecule has 0 saturated heterocycles. The maximum atomic E-state index is 13.4. The molecule has 1 aliphatic rings. The number of aromatic nitrogens is 4. The van der Waals surface area contributed by atoms with E-state index >= 15 is 0 Å².